The van der Waals surface area contributed by atoms with E-state index in [9.17, 15) is 30.8 Å². The maximum atomic E-state index is 14.7. The number of imidazole rings is 1. The van der Waals surface area contributed by atoms with E-state index in [2.05, 4.69) is 20.4 Å². The topological polar surface area (TPSA) is 112 Å². The van der Waals surface area contributed by atoms with Crippen LogP contribution in [0.3, 0.4) is 0 Å². The smallest absolute Gasteiger partial charge is 0.323 e. The number of nitrogens with zero attached hydrogens (tertiary/aromatic N) is 5. The van der Waals surface area contributed by atoms with E-state index in [1.807, 2.05) is 0 Å². The molecule has 182 valence electrons. The van der Waals surface area contributed by atoms with Crippen molar-refractivity contribution in [3.05, 3.63) is 53.2 Å². The van der Waals surface area contributed by atoms with Gasteiger partial charge in [0.2, 0.25) is 5.91 Å². The average Bonchev–Trinajstić information content (AvgIpc) is 3.41. The Morgan fingerprint density at radius 1 is 1.29 bits per heavy atom. The summed E-state index contributed by atoms with van der Waals surface area (Å²) in [5, 5.41) is 5.15. The van der Waals surface area contributed by atoms with E-state index < -0.39 is 49.9 Å². The minimum atomic E-state index is -4.72. The number of carbonyl (C=O) groups excluding carboxylic acids is 1. The number of hydrogen-bond acceptors (Lipinski definition) is 6. The fourth-order valence-electron chi connectivity index (χ4n) is 3.65. The molecule has 4 rings (SSSR count). The van der Waals surface area contributed by atoms with Crippen molar-refractivity contribution in [2.24, 2.45) is 0 Å². The SMILES string of the molecule is CC1(c2cn(-c3ncc(NC(=O)Cn4nc(C(F)(F)F)cc4Cl)cc3F)cn2)CCCS1(=O)=O. The van der Waals surface area contributed by atoms with Crippen molar-refractivity contribution < 1.29 is 30.8 Å². The molecule has 1 aliphatic rings. The third-order valence-electron chi connectivity index (χ3n) is 5.54. The quantitative estimate of drug-likeness (QED) is 0.516. The molecule has 0 bridgehead atoms. The predicted molar refractivity (Wildman–Crippen MR) is 113 cm³/mol. The van der Waals surface area contributed by atoms with Crippen molar-refractivity contribution in [3.8, 4) is 5.82 Å². The van der Waals surface area contributed by atoms with Gasteiger partial charge in [0.25, 0.3) is 0 Å². The van der Waals surface area contributed by atoms with Crippen LogP contribution in [-0.2, 0) is 32.1 Å². The van der Waals surface area contributed by atoms with Gasteiger partial charge >= 0.3 is 6.18 Å². The largest absolute Gasteiger partial charge is 0.435 e. The number of sulfone groups is 1. The maximum Gasteiger partial charge on any atom is 0.435 e. The summed E-state index contributed by atoms with van der Waals surface area (Å²) < 4.78 is 78.4. The molecule has 1 amide bonds. The molecular formula is C19H17ClF4N6O3S. The van der Waals surface area contributed by atoms with Crippen LogP contribution in [0.15, 0.2) is 30.9 Å². The monoisotopic (exact) mass is 520 g/mol. The first kappa shape index (κ1) is 24.1. The van der Waals surface area contributed by atoms with Gasteiger partial charge in [0.05, 0.1) is 23.3 Å². The molecule has 1 atom stereocenters. The summed E-state index contributed by atoms with van der Waals surface area (Å²) in [6.45, 7) is 0.935. The maximum absolute atomic E-state index is 14.7. The summed E-state index contributed by atoms with van der Waals surface area (Å²) in [5.74, 6) is -1.78. The zero-order valence-electron chi connectivity index (χ0n) is 17.5. The van der Waals surface area contributed by atoms with Gasteiger partial charge in [-0.05, 0) is 19.8 Å². The Hall–Kier alpha value is -3.00. The lowest BCUT2D eigenvalue weighted by Gasteiger charge is -2.19. The second-order valence-corrected chi connectivity index (χ2v) is 10.8. The molecule has 3 aromatic heterocycles. The van der Waals surface area contributed by atoms with E-state index in [4.69, 9.17) is 11.6 Å². The Bertz CT molecular complexity index is 1370. The standard InChI is InChI=1S/C19H17ClF4N6O3S/c1-18(3-2-4-34(18,32)33)14-8-29(10-26-14)17-12(21)5-11(7-25-17)27-16(31)9-30-15(20)6-13(28-30)19(22,23)24/h5-8,10H,2-4,9H2,1H3,(H,27,31). The molecule has 4 heterocycles. The van der Waals surface area contributed by atoms with Gasteiger partial charge in [0, 0.05) is 18.3 Å². The zero-order valence-corrected chi connectivity index (χ0v) is 19.0. The molecule has 1 saturated heterocycles. The first-order valence-electron chi connectivity index (χ1n) is 9.83. The number of anilines is 1. The van der Waals surface area contributed by atoms with E-state index >= 15 is 0 Å². The molecule has 9 nitrogen and oxygen atoms in total. The Labute approximate surface area is 195 Å². The molecule has 1 N–H and O–H groups in total. The van der Waals surface area contributed by atoms with Gasteiger partial charge in [-0.25, -0.2) is 27.5 Å². The summed E-state index contributed by atoms with van der Waals surface area (Å²) in [4.78, 5) is 20.3. The zero-order chi connectivity index (χ0) is 24.9. The van der Waals surface area contributed by atoms with Crippen molar-refractivity contribution in [2.75, 3.05) is 11.1 Å². The summed E-state index contributed by atoms with van der Waals surface area (Å²) in [5.41, 5.74) is -1.03. The lowest BCUT2D eigenvalue weighted by Crippen LogP contribution is -2.28. The second kappa shape index (κ2) is 8.34. The van der Waals surface area contributed by atoms with Crippen LogP contribution in [0.4, 0.5) is 23.2 Å². The minimum Gasteiger partial charge on any atom is -0.323 e. The van der Waals surface area contributed by atoms with Gasteiger partial charge in [-0.1, -0.05) is 11.6 Å². The Morgan fingerprint density at radius 3 is 2.62 bits per heavy atom. The molecule has 1 unspecified atom stereocenters. The highest BCUT2D eigenvalue weighted by Gasteiger charge is 2.46. The van der Waals surface area contributed by atoms with Crippen molar-refractivity contribution in [2.45, 2.75) is 37.2 Å². The van der Waals surface area contributed by atoms with Gasteiger partial charge in [-0.3, -0.25) is 9.36 Å². The normalized spacial score (nSPS) is 19.9. The second-order valence-electron chi connectivity index (χ2n) is 7.90. The third-order valence-corrected chi connectivity index (χ3v) is 8.46. The molecule has 15 heteroatoms. The number of alkyl halides is 3. The number of pyridine rings is 1. The van der Waals surface area contributed by atoms with Crippen LogP contribution in [0.5, 0.6) is 0 Å². The van der Waals surface area contributed by atoms with E-state index in [1.54, 1.807) is 6.92 Å². The summed E-state index contributed by atoms with van der Waals surface area (Å²) in [6, 6.07) is 1.54. The lowest BCUT2D eigenvalue weighted by molar-refractivity contribution is -0.141. The van der Waals surface area contributed by atoms with Gasteiger partial charge in [0.15, 0.2) is 27.2 Å². The van der Waals surface area contributed by atoms with Crippen molar-refractivity contribution in [1.29, 1.82) is 0 Å². The predicted octanol–water partition coefficient (Wildman–Crippen LogP) is 3.34. The minimum absolute atomic E-state index is 0.0542. The van der Waals surface area contributed by atoms with Gasteiger partial charge in [-0.15, -0.1) is 0 Å². The van der Waals surface area contributed by atoms with E-state index in [0.717, 1.165) is 12.3 Å². The number of rotatable bonds is 5. The highest BCUT2D eigenvalue weighted by atomic mass is 35.5. The van der Waals surface area contributed by atoms with E-state index in [-0.39, 0.29) is 23.0 Å². The highest BCUT2D eigenvalue weighted by molar-refractivity contribution is 7.92. The molecule has 0 spiro atoms. The number of amides is 1. The number of carbonyl (C=O) groups is 1. The molecule has 34 heavy (non-hydrogen) atoms. The summed E-state index contributed by atoms with van der Waals surface area (Å²) >= 11 is 5.69. The summed E-state index contributed by atoms with van der Waals surface area (Å²) in [6.07, 6.45) is -0.0386. The van der Waals surface area contributed by atoms with Crippen LogP contribution in [0.2, 0.25) is 5.15 Å². The van der Waals surface area contributed by atoms with Gasteiger partial charge in [-0.2, -0.15) is 18.3 Å². The summed E-state index contributed by atoms with van der Waals surface area (Å²) in [7, 11) is -3.39. The van der Waals surface area contributed by atoms with Crippen LogP contribution >= 0.6 is 11.6 Å². The first-order valence-corrected chi connectivity index (χ1v) is 11.9. The van der Waals surface area contributed by atoms with E-state index in [1.165, 1.54) is 17.1 Å². The van der Waals surface area contributed by atoms with Crippen LogP contribution in [0.1, 0.15) is 31.2 Å². The third kappa shape index (κ3) is 4.39. The molecular weight excluding hydrogens is 504 g/mol. The molecule has 0 aromatic carbocycles. The first-order chi connectivity index (χ1) is 15.8. The highest BCUT2D eigenvalue weighted by Crippen LogP contribution is 2.40. The molecule has 1 aliphatic heterocycles. The van der Waals surface area contributed by atoms with Crippen LogP contribution < -0.4 is 5.32 Å². The molecule has 0 aliphatic carbocycles. The average molecular weight is 521 g/mol. The number of aromatic nitrogens is 5. The fraction of sp³-hybridized carbons (Fsp3) is 0.368. The number of nitrogens with one attached hydrogen (secondary N) is 1. The van der Waals surface area contributed by atoms with Crippen molar-refractivity contribution in [1.82, 2.24) is 24.3 Å². The van der Waals surface area contributed by atoms with Crippen molar-refractivity contribution in [3.63, 3.8) is 0 Å². The number of hydrogen-bond donors (Lipinski definition) is 1. The van der Waals surface area contributed by atoms with Crippen LogP contribution in [0.25, 0.3) is 5.82 Å². The van der Waals surface area contributed by atoms with Crippen molar-refractivity contribution >= 4 is 33.0 Å². The number of halogens is 5. The van der Waals surface area contributed by atoms with E-state index in [0.29, 0.717) is 23.6 Å². The van der Waals surface area contributed by atoms with Crippen LogP contribution in [0, 0.1) is 5.82 Å². The Morgan fingerprint density at radius 2 is 2.03 bits per heavy atom. The Balaban J connectivity index is 1.49. The molecule has 1 fully saturated rings. The van der Waals surface area contributed by atoms with Gasteiger partial charge < -0.3 is 5.32 Å². The lowest BCUT2D eigenvalue weighted by atomic mass is 10.0. The van der Waals surface area contributed by atoms with Gasteiger partial charge in [0.1, 0.15) is 22.8 Å². The fourth-order valence-corrected chi connectivity index (χ4v) is 5.70. The molecule has 3 aromatic rings. The molecule has 0 radical (unpaired) electrons. The van der Waals surface area contributed by atoms with Crippen LogP contribution in [-0.4, -0.2) is 44.4 Å². The molecule has 0 saturated carbocycles. The Kier molecular flexibility index (Phi) is 5.92.